The second-order valence-electron chi connectivity index (χ2n) is 8.65. The van der Waals surface area contributed by atoms with Gasteiger partial charge in [0.25, 0.3) is 0 Å². The first-order valence-corrected chi connectivity index (χ1v) is 11.6. The van der Waals surface area contributed by atoms with E-state index in [1.54, 1.807) is 5.56 Å². The van der Waals surface area contributed by atoms with Crippen LogP contribution in [0.25, 0.3) is 10.8 Å². The maximum atomic E-state index is 5.98. The first-order chi connectivity index (χ1) is 14.3. The maximum Gasteiger partial charge on any atom is 0.185 e. The third-order valence-electron chi connectivity index (χ3n) is 6.81. The number of rotatable bonds is 7. The van der Waals surface area contributed by atoms with Crippen LogP contribution in [0.15, 0.2) is 48.4 Å². The molecule has 1 heterocycles. The summed E-state index contributed by atoms with van der Waals surface area (Å²) in [4.78, 5) is 2.37. The van der Waals surface area contributed by atoms with E-state index in [4.69, 9.17) is 4.74 Å². The molecule has 0 spiro atoms. The van der Waals surface area contributed by atoms with Gasteiger partial charge in [-0.15, -0.1) is 0 Å². The smallest absolute Gasteiger partial charge is 0.185 e. The molecule has 1 aliphatic heterocycles. The van der Waals surface area contributed by atoms with E-state index in [0.29, 0.717) is 0 Å². The van der Waals surface area contributed by atoms with Gasteiger partial charge in [-0.05, 0) is 61.1 Å². The van der Waals surface area contributed by atoms with E-state index in [9.17, 15) is 0 Å². The van der Waals surface area contributed by atoms with E-state index in [-0.39, 0.29) is 5.41 Å². The SMILES string of the molecule is CCCNc1ccc2ccccc2c1C1(C/C=C2\OCCN2CC)CCCCC1. The lowest BCUT2D eigenvalue weighted by molar-refractivity contribution is 0.229. The minimum absolute atomic E-state index is 0.188. The molecule has 0 bridgehead atoms. The Kier molecular flexibility index (Phi) is 6.32. The Bertz CT molecular complexity index is 851. The summed E-state index contributed by atoms with van der Waals surface area (Å²) in [7, 11) is 0. The van der Waals surface area contributed by atoms with Crippen molar-refractivity contribution in [2.45, 2.75) is 64.2 Å². The van der Waals surface area contributed by atoms with Gasteiger partial charge in [-0.3, -0.25) is 0 Å². The van der Waals surface area contributed by atoms with Gasteiger partial charge in [-0.25, -0.2) is 0 Å². The van der Waals surface area contributed by atoms with Crippen LogP contribution in [0, 0.1) is 0 Å². The molecule has 1 saturated heterocycles. The van der Waals surface area contributed by atoms with Gasteiger partial charge in [0.15, 0.2) is 5.88 Å². The highest BCUT2D eigenvalue weighted by Crippen LogP contribution is 2.48. The van der Waals surface area contributed by atoms with Gasteiger partial charge in [0.1, 0.15) is 6.61 Å². The minimum atomic E-state index is 0.188. The van der Waals surface area contributed by atoms with Gasteiger partial charge in [-0.1, -0.05) is 56.5 Å². The van der Waals surface area contributed by atoms with Crippen molar-refractivity contribution < 1.29 is 4.74 Å². The highest BCUT2D eigenvalue weighted by atomic mass is 16.5. The molecule has 0 aromatic heterocycles. The average Bonchev–Trinajstić information content (AvgIpc) is 3.24. The minimum Gasteiger partial charge on any atom is -0.477 e. The zero-order chi connectivity index (χ0) is 20.1. The predicted molar refractivity (Wildman–Crippen MR) is 123 cm³/mol. The number of allylic oxidation sites excluding steroid dienone is 1. The van der Waals surface area contributed by atoms with Crippen LogP contribution in [0.4, 0.5) is 5.69 Å². The number of hydrogen-bond donors (Lipinski definition) is 1. The Labute approximate surface area is 176 Å². The van der Waals surface area contributed by atoms with E-state index < -0.39 is 0 Å². The molecule has 3 nitrogen and oxygen atoms in total. The van der Waals surface area contributed by atoms with Crippen molar-refractivity contribution >= 4 is 16.5 Å². The summed E-state index contributed by atoms with van der Waals surface area (Å²) < 4.78 is 5.98. The molecule has 2 aliphatic rings. The summed E-state index contributed by atoms with van der Waals surface area (Å²) in [5.41, 5.74) is 3.07. The first kappa shape index (κ1) is 20.1. The van der Waals surface area contributed by atoms with Crippen LogP contribution >= 0.6 is 0 Å². The van der Waals surface area contributed by atoms with Crippen molar-refractivity contribution in [3.63, 3.8) is 0 Å². The molecule has 2 aromatic carbocycles. The van der Waals surface area contributed by atoms with Crippen molar-refractivity contribution in [2.24, 2.45) is 0 Å². The fourth-order valence-electron chi connectivity index (χ4n) is 5.28. The zero-order valence-electron chi connectivity index (χ0n) is 18.2. The Morgan fingerprint density at radius 1 is 1.07 bits per heavy atom. The molecule has 3 heteroatoms. The van der Waals surface area contributed by atoms with Crippen LogP contribution < -0.4 is 5.32 Å². The van der Waals surface area contributed by atoms with Crippen molar-refractivity contribution in [3.8, 4) is 0 Å². The molecule has 0 atom stereocenters. The van der Waals surface area contributed by atoms with Crippen molar-refractivity contribution in [1.82, 2.24) is 4.90 Å². The predicted octanol–water partition coefficient (Wildman–Crippen LogP) is 6.45. The van der Waals surface area contributed by atoms with E-state index in [2.05, 4.69) is 66.5 Å². The lowest BCUT2D eigenvalue weighted by atomic mass is 9.65. The second-order valence-corrected chi connectivity index (χ2v) is 8.65. The molecule has 0 unspecified atom stereocenters. The molecule has 156 valence electrons. The second kappa shape index (κ2) is 9.11. The standard InChI is InChI=1S/C26H36N2O/c1-3-18-27-23-13-12-21-10-6-7-11-22(21)25(23)26(15-8-5-9-16-26)17-14-24-28(4-2)19-20-29-24/h6-7,10-14,27H,3-5,8-9,15-20H2,1-2H3/b24-14-. The lowest BCUT2D eigenvalue weighted by Crippen LogP contribution is -2.30. The number of benzene rings is 2. The van der Waals surface area contributed by atoms with E-state index in [0.717, 1.165) is 45.0 Å². The van der Waals surface area contributed by atoms with Crippen LogP contribution in [-0.4, -0.2) is 31.1 Å². The summed E-state index contributed by atoms with van der Waals surface area (Å²) in [5, 5.41) is 6.54. The number of likely N-dealkylation sites (N-methyl/N-ethyl adjacent to an activating group) is 1. The zero-order valence-corrected chi connectivity index (χ0v) is 18.2. The highest BCUT2D eigenvalue weighted by Gasteiger charge is 2.37. The van der Waals surface area contributed by atoms with Crippen molar-refractivity contribution in [1.29, 1.82) is 0 Å². The molecule has 1 N–H and O–H groups in total. The monoisotopic (exact) mass is 392 g/mol. The Morgan fingerprint density at radius 3 is 2.69 bits per heavy atom. The maximum absolute atomic E-state index is 5.98. The van der Waals surface area contributed by atoms with Crippen LogP contribution in [0.2, 0.25) is 0 Å². The number of nitrogens with one attached hydrogen (secondary N) is 1. The van der Waals surface area contributed by atoms with E-state index in [1.807, 2.05) is 0 Å². The summed E-state index contributed by atoms with van der Waals surface area (Å²) in [6.45, 7) is 8.35. The summed E-state index contributed by atoms with van der Waals surface area (Å²) in [5.74, 6) is 1.10. The van der Waals surface area contributed by atoms with Crippen molar-refractivity contribution in [2.75, 3.05) is 31.6 Å². The molecule has 29 heavy (non-hydrogen) atoms. The summed E-state index contributed by atoms with van der Waals surface area (Å²) in [6, 6.07) is 13.5. The highest BCUT2D eigenvalue weighted by molar-refractivity contribution is 5.91. The molecule has 0 radical (unpaired) electrons. The number of ether oxygens (including phenoxy) is 1. The number of fused-ring (bicyclic) bond motifs is 1. The summed E-state index contributed by atoms with van der Waals surface area (Å²) in [6.07, 6.45) is 11.1. The van der Waals surface area contributed by atoms with E-state index in [1.165, 1.54) is 48.6 Å². The lowest BCUT2D eigenvalue weighted by Gasteiger charge is -2.40. The van der Waals surface area contributed by atoms with Gasteiger partial charge in [0, 0.05) is 24.2 Å². The van der Waals surface area contributed by atoms with Gasteiger partial charge in [0.2, 0.25) is 0 Å². The largest absolute Gasteiger partial charge is 0.477 e. The molecule has 2 aromatic rings. The quantitative estimate of drug-likeness (QED) is 0.586. The Hall–Kier alpha value is -2.16. The van der Waals surface area contributed by atoms with Crippen molar-refractivity contribution in [3.05, 3.63) is 53.9 Å². The number of nitrogens with zero attached hydrogens (tertiary/aromatic N) is 1. The first-order valence-electron chi connectivity index (χ1n) is 11.6. The van der Waals surface area contributed by atoms with Crippen LogP contribution in [-0.2, 0) is 10.2 Å². The topological polar surface area (TPSA) is 24.5 Å². The molecule has 4 rings (SSSR count). The Morgan fingerprint density at radius 2 is 1.90 bits per heavy atom. The average molecular weight is 393 g/mol. The van der Waals surface area contributed by atoms with Crippen LogP contribution in [0.5, 0.6) is 0 Å². The normalized spacial score (nSPS) is 20.2. The third-order valence-corrected chi connectivity index (χ3v) is 6.81. The molecule has 1 aliphatic carbocycles. The van der Waals surface area contributed by atoms with Crippen LogP contribution in [0.1, 0.15) is 64.4 Å². The molecule has 0 amide bonds. The molecule has 1 saturated carbocycles. The van der Waals surface area contributed by atoms with Gasteiger partial charge >= 0.3 is 0 Å². The van der Waals surface area contributed by atoms with Crippen LogP contribution in [0.3, 0.4) is 0 Å². The fourth-order valence-corrected chi connectivity index (χ4v) is 5.28. The summed E-state index contributed by atoms with van der Waals surface area (Å²) >= 11 is 0. The number of anilines is 1. The number of hydrogen-bond acceptors (Lipinski definition) is 3. The fraction of sp³-hybridized carbons (Fsp3) is 0.538. The van der Waals surface area contributed by atoms with Gasteiger partial charge in [-0.2, -0.15) is 0 Å². The molecular weight excluding hydrogens is 356 g/mol. The Balaban J connectivity index is 1.80. The van der Waals surface area contributed by atoms with E-state index >= 15 is 0 Å². The van der Waals surface area contributed by atoms with Gasteiger partial charge < -0.3 is 15.0 Å². The van der Waals surface area contributed by atoms with Gasteiger partial charge in [0.05, 0.1) is 6.54 Å². The molecule has 2 fully saturated rings. The molecular formula is C26H36N2O. The third kappa shape index (κ3) is 4.10.